The molecule has 0 radical (unpaired) electrons. The van der Waals surface area contributed by atoms with Crippen LogP contribution < -0.4 is 20.4 Å². The van der Waals surface area contributed by atoms with Crippen molar-refractivity contribution in [1.29, 1.82) is 0 Å². The number of hydrogen-bond acceptors (Lipinski definition) is 9. The Bertz CT molecular complexity index is 1510. The summed E-state index contributed by atoms with van der Waals surface area (Å²) in [6.45, 7) is 6.24. The van der Waals surface area contributed by atoms with Gasteiger partial charge >= 0.3 is 17.6 Å². The van der Waals surface area contributed by atoms with Crippen molar-refractivity contribution >= 4 is 22.9 Å². The molecule has 1 N–H and O–H groups in total. The molecule has 40 heavy (non-hydrogen) atoms. The van der Waals surface area contributed by atoms with Crippen molar-refractivity contribution in [3.05, 3.63) is 92.6 Å². The Morgan fingerprint density at radius 2 is 1.48 bits per heavy atom. The third kappa shape index (κ3) is 6.03. The van der Waals surface area contributed by atoms with Gasteiger partial charge in [0.1, 0.15) is 17.1 Å². The lowest BCUT2D eigenvalue weighted by Gasteiger charge is -2.31. The Labute approximate surface area is 232 Å². The minimum Gasteiger partial charge on any atom is -0.493 e. The Balaban J connectivity index is 1.44. The fourth-order valence-electron chi connectivity index (χ4n) is 4.89. The fraction of sp³-hybridized carbons (Fsp3) is 0.323. The summed E-state index contributed by atoms with van der Waals surface area (Å²) in [7, 11) is 2.61. The average molecular weight is 548 g/mol. The number of unbranched alkanes of at least 4 members (excludes halogenated alkanes) is 1. The molecule has 0 spiro atoms. The van der Waals surface area contributed by atoms with Gasteiger partial charge in [0.05, 0.1) is 44.5 Å². The molecular weight excluding hydrogens is 514 g/mol. The smallest absolute Gasteiger partial charge is 0.336 e. The number of allylic oxidation sites excluding steroid dienone is 2. The van der Waals surface area contributed by atoms with Gasteiger partial charge in [-0.2, -0.15) is 0 Å². The number of rotatable bonds is 10. The number of benzene rings is 2. The Hall–Kier alpha value is -4.53. The van der Waals surface area contributed by atoms with E-state index in [2.05, 4.69) is 5.32 Å². The molecule has 210 valence electrons. The maximum Gasteiger partial charge on any atom is 0.336 e. The number of hydrogen-bond donors (Lipinski definition) is 1. The molecule has 3 aromatic rings. The molecule has 1 aliphatic heterocycles. The van der Waals surface area contributed by atoms with E-state index in [1.165, 1.54) is 20.3 Å². The van der Waals surface area contributed by atoms with E-state index in [0.717, 1.165) is 10.9 Å². The minimum absolute atomic E-state index is 0.319. The van der Waals surface area contributed by atoms with Gasteiger partial charge in [-0.05, 0) is 57.4 Å². The highest BCUT2D eigenvalue weighted by molar-refractivity contribution is 6.00. The lowest BCUT2D eigenvalue weighted by Crippen LogP contribution is -2.32. The molecule has 2 heterocycles. The van der Waals surface area contributed by atoms with Gasteiger partial charge < -0.3 is 28.7 Å². The van der Waals surface area contributed by atoms with Crippen molar-refractivity contribution in [1.82, 2.24) is 5.32 Å². The number of fused-ring (bicyclic) bond motifs is 1. The van der Waals surface area contributed by atoms with Crippen LogP contribution in [0.15, 0.2) is 80.3 Å². The van der Waals surface area contributed by atoms with E-state index >= 15 is 0 Å². The van der Waals surface area contributed by atoms with Crippen LogP contribution in [-0.4, -0.2) is 39.4 Å². The van der Waals surface area contributed by atoms with E-state index in [-0.39, 0.29) is 0 Å². The molecule has 2 aromatic carbocycles. The first-order valence-electron chi connectivity index (χ1n) is 13.0. The van der Waals surface area contributed by atoms with Crippen molar-refractivity contribution in [2.24, 2.45) is 0 Å². The second-order valence-electron chi connectivity index (χ2n) is 9.47. The molecule has 0 saturated heterocycles. The first kappa shape index (κ1) is 28.5. The predicted molar refractivity (Wildman–Crippen MR) is 149 cm³/mol. The zero-order chi connectivity index (χ0) is 28.8. The van der Waals surface area contributed by atoms with Crippen LogP contribution in [0.4, 0.5) is 0 Å². The molecule has 1 aromatic heterocycles. The Morgan fingerprint density at radius 3 is 2.12 bits per heavy atom. The number of carbonyl (C=O) groups excluding carboxylic acids is 2. The maximum absolute atomic E-state index is 12.8. The summed E-state index contributed by atoms with van der Waals surface area (Å²) in [5, 5.41) is 3.97. The number of methoxy groups -OCH3 is 2. The molecule has 0 fully saturated rings. The quantitative estimate of drug-likeness (QED) is 0.215. The van der Waals surface area contributed by atoms with E-state index in [4.69, 9.17) is 23.4 Å². The van der Waals surface area contributed by atoms with Crippen LogP contribution in [0.25, 0.3) is 11.0 Å². The SMILES string of the molecule is COC(=O)C1=C(C)NC(C)=C(C(=O)OC)C1c1ccccc1OCCCCOc1ccc2c(C)cc(=O)oc2c1. The molecule has 9 heteroatoms. The summed E-state index contributed by atoms with van der Waals surface area (Å²) in [5.41, 5.74) is 3.44. The average Bonchev–Trinajstić information content (AvgIpc) is 2.93. The summed E-state index contributed by atoms with van der Waals surface area (Å²) >= 11 is 0. The summed E-state index contributed by atoms with van der Waals surface area (Å²) in [4.78, 5) is 37.3. The van der Waals surface area contributed by atoms with Crippen molar-refractivity contribution in [2.75, 3.05) is 27.4 Å². The molecule has 0 aliphatic carbocycles. The van der Waals surface area contributed by atoms with Crippen molar-refractivity contribution in [3.63, 3.8) is 0 Å². The highest BCUT2D eigenvalue weighted by atomic mass is 16.5. The number of ether oxygens (including phenoxy) is 4. The van der Waals surface area contributed by atoms with Gasteiger partial charge in [0.2, 0.25) is 0 Å². The van der Waals surface area contributed by atoms with Crippen LogP contribution in [0.3, 0.4) is 0 Å². The third-order valence-corrected chi connectivity index (χ3v) is 6.79. The van der Waals surface area contributed by atoms with E-state index in [1.54, 1.807) is 19.9 Å². The molecule has 9 nitrogen and oxygen atoms in total. The second-order valence-corrected chi connectivity index (χ2v) is 9.47. The van der Waals surface area contributed by atoms with Crippen LogP contribution >= 0.6 is 0 Å². The van der Waals surface area contributed by atoms with E-state index < -0.39 is 23.5 Å². The number of esters is 2. The summed E-state index contributed by atoms with van der Waals surface area (Å²) in [6.07, 6.45) is 1.41. The van der Waals surface area contributed by atoms with Crippen LogP contribution in [0.2, 0.25) is 0 Å². The largest absolute Gasteiger partial charge is 0.493 e. The number of carbonyl (C=O) groups is 2. The van der Waals surface area contributed by atoms with Gasteiger partial charge in [-0.1, -0.05) is 18.2 Å². The lowest BCUT2D eigenvalue weighted by atomic mass is 9.80. The molecule has 4 rings (SSSR count). The molecule has 0 atom stereocenters. The normalized spacial score (nSPS) is 13.7. The monoisotopic (exact) mass is 547 g/mol. The van der Waals surface area contributed by atoms with Gasteiger partial charge in [0.25, 0.3) is 0 Å². The predicted octanol–water partition coefficient (Wildman–Crippen LogP) is 4.92. The van der Waals surface area contributed by atoms with E-state index in [9.17, 15) is 14.4 Å². The first-order valence-corrected chi connectivity index (χ1v) is 13.0. The topological polar surface area (TPSA) is 113 Å². The van der Waals surface area contributed by atoms with Crippen LogP contribution in [0, 0.1) is 6.92 Å². The van der Waals surface area contributed by atoms with Gasteiger partial charge in [-0.3, -0.25) is 0 Å². The van der Waals surface area contributed by atoms with Crippen molar-refractivity contribution in [2.45, 2.75) is 39.5 Å². The summed E-state index contributed by atoms with van der Waals surface area (Å²) in [5.74, 6) is -0.637. The molecule has 0 unspecified atom stereocenters. The van der Waals surface area contributed by atoms with Gasteiger partial charge in [0, 0.05) is 34.5 Å². The van der Waals surface area contributed by atoms with E-state index in [1.807, 2.05) is 43.3 Å². The Morgan fingerprint density at radius 1 is 0.850 bits per heavy atom. The highest BCUT2D eigenvalue weighted by Crippen LogP contribution is 2.42. The fourth-order valence-corrected chi connectivity index (χ4v) is 4.89. The number of dihydropyridines is 1. The third-order valence-electron chi connectivity index (χ3n) is 6.79. The van der Waals surface area contributed by atoms with Crippen LogP contribution in [0.1, 0.15) is 43.7 Å². The van der Waals surface area contributed by atoms with Gasteiger partial charge in [-0.15, -0.1) is 0 Å². The summed E-state index contributed by atoms with van der Waals surface area (Å²) in [6, 6.07) is 14.2. The van der Waals surface area contributed by atoms with Gasteiger partial charge in [0.15, 0.2) is 0 Å². The van der Waals surface area contributed by atoms with Crippen molar-refractivity contribution < 1.29 is 33.0 Å². The molecule has 0 saturated carbocycles. The molecular formula is C31H33NO8. The lowest BCUT2D eigenvalue weighted by molar-refractivity contribution is -0.137. The highest BCUT2D eigenvalue weighted by Gasteiger charge is 2.38. The van der Waals surface area contributed by atoms with Gasteiger partial charge in [-0.25, -0.2) is 14.4 Å². The van der Waals surface area contributed by atoms with E-state index in [0.29, 0.717) is 71.2 Å². The van der Waals surface area contributed by atoms with Crippen LogP contribution in [-0.2, 0) is 19.1 Å². The Kier molecular flexibility index (Phi) is 8.93. The zero-order valence-corrected chi connectivity index (χ0v) is 23.3. The molecule has 0 amide bonds. The second kappa shape index (κ2) is 12.5. The first-order chi connectivity index (χ1) is 19.2. The number of aryl methyl sites for hydroxylation is 1. The minimum atomic E-state index is -0.725. The number of para-hydroxylation sites is 1. The molecule has 0 bridgehead atoms. The van der Waals surface area contributed by atoms with Crippen molar-refractivity contribution in [3.8, 4) is 11.5 Å². The maximum atomic E-state index is 12.8. The standard InChI is InChI=1S/C31H33NO8/c1-18-16-26(33)40-25-17-21(12-13-22(18)25)38-14-8-9-15-39-24-11-7-6-10-23(24)29-27(30(34)36-4)19(2)32-20(3)28(29)31(35)37-5/h6-7,10-13,16-17,29,32H,8-9,14-15H2,1-5H3. The van der Waals surface area contributed by atoms with Crippen LogP contribution in [0.5, 0.6) is 11.5 Å². The zero-order valence-electron chi connectivity index (χ0n) is 23.3. The molecule has 1 aliphatic rings. The summed E-state index contributed by atoms with van der Waals surface area (Å²) < 4.78 is 27.4. The number of nitrogens with one attached hydrogen (secondary N) is 1.